The second kappa shape index (κ2) is 8.01. The average molecular weight is 497 g/mol. The van der Waals surface area contributed by atoms with Crippen LogP contribution in [0.4, 0.5) is 5.69 Å². The number of rotatable bonds is 7. The predicted molar refractivity (Wildman–Crippen MR) is 120 cm³/mol. The van der Waals surface area contributed by atoms with Crippen LogP contribution in [0.25, 0.3) is 0 Å². The standard InChI is InChI=1S/C21H25BrN2O5S/c1-6-11-29-17(27)15-20(2,3)30-19-21(22,18(28)24(15)19)16(26)14(25)12-7-9-13(10-8-12)23(4)5/h6-10,15-16,19,26H,1,11H2,2-5H3/t15-,16?,19+,21?/m0/s1. The van der Waals surface area contributed by atoms with Crippen molar-refractivity contribution in [2.75, 3.05) is 25.6 Å². The number of hydrogen-bond donors (Lipinski definition) is 1. The van der Waals surface area contributed by atoms with Crippen LogP contribution >= 0.6 is 27.7 Å². The molecule has 4 atom stereocenters. The van der Waals surface area contributed by atoms with E-state index in [0.29, 0.717) is 5.56 Å². The Morgan fingerprint density at radius 3 is 2.50 bits per heavy atom. The van der Waals surface area contributed by atoms with Crippen LogP contribution in [0.5, 0.6) is 0 Å². The first kappa shape index (κ1) is 22.8. The van der Waals surface area contributed by atoms with Crippen LogP contribution in [0, 0.1) is 0 Å². The molecule has 0 radical (unpaired) electrons. The van der Waals surface area contributed by atoms with Crippen LogP contribution < -0.4 is 4.90 Å². The number of aliphatic hydroxyl groups is 1. The number of carbonyl (C=O) groups is 3. The van der Waals surface area contributed by atoms with Crippen LogP contribution in [0.2, 0.25) is 0 Å². The monoisotopic (exact) mass is 496 g/mol. The Hall–Kier alpha value is -1.84. The van der Waals surface area contributed by atoms with Gasteiger partial charge in [-0.2, -0.15) is 0 Å². The molecule has 3 rings (SSSR count). The number of ether oxygens (including phenoxy) is 1. The Kier molecular flexibility index (Phi) is 6.10. The predicted octanol–water partition coefficient (Wildman–Crippen LogP) is 2.22. The molecule has 0 bridgehead atoms. The number of benzene rings is 1. The number of nitrogens with zero attached hydrogens (tertiary/aromatic N) is 2. The van der Waals surface area contributed by atoms with Crippen molar-refractivity contribution in [2.24, 2.45) is 0 Å². The van der Waals surface area contributed by atoms with Crippen LogP contribution in [0.1, 0.15) is 24.2 Å². The third-order valence-electron chi connectivity index (χ3n) is 5.41. The molecule has 2 heterocycles. The zero-order valence-corrected chi connectivity index (χ0v) is 19.7. The van der Waals surface area contributed by atoms with Crippen LogP contribution in [0.15, 0.2) is 36.9 Å². The molecule has 2 saturated heterocycles. The molecule has 30 heavy (non-hydrogen) atoms. The van der Waals surface area contributed by atoms with Crippen LogP contribution in [0.3, 0.4) is 0 Å². The SMILES string of the molecule is C=CCOC(=O)[C@@H]1N2C(=O)C(Br)(C(O)C(=O)c3ccc(N(C)C)cc3)[C@H]2SC1(C)C. The molecule has 2 aliphatic heterocycles. The fourth-order valence-corrected chi connectivity index (χ4v) is 6.33. The number of alkyl halides is 1. The number of esters is 1. The fourth-order valence-electron chi connectivity index (χ4n) is 3.77. The summed E-state index contributed by atoms with van der Waals surface area (Å²) in [5.41, 5.74) is 1.22. The second-order valence-corrected chi connectivity index (χ2v) is 11.1. The van der Waals surface area contributed by atoms with Gasteiger partial charge >= 0.3 is 5.97 Å². The maximum absolute atomic E-state index is 13.1. The van der Waals surface area contributed by atoms with E-state index in [2.05, 4.69) is 22.5 Å². The highest BCUT2D eigenvalue weighted by Gasteiger charge is 2.74. The molecule has 2 unspecified atom stereocenters. The lowest BCUT2D eigenvalue weighted by molar-refractivity contribution is -0.166. The molecule has 2 aliphatic rings. The van der Waals surface area contributed by atoms with E-state index in [0.717, 1.165) is 5.69 Å². The van der Waals surface area contributed by atoms with Crippen molar-refractivity contribution in [1.29, 1.82) is 0 Å². The quantitative estimate of drug-likeness (QED) is 0.203. The summed E-state index contributed by atoms with van der Waals surface area (Å²) in [6, 6.07) is 5.98. The number of carbonyl (C=O) groups excluding carboxylic acids is 3. The van der Waals surface area contributed by atoms with Gasteiger partial charge in [0.1, 0.15) is 24.1 Å². The first-order valence-corrected chi connectivity index (χ1v) is 11.1. The van der Waals surface area contributed by atoms with E-state index in [1.54, 1.807) is 24.3 Å². The highest BCUT2D eigenvalue weighted by atomic mass is 79.9. The normalized spacial score (nSPS) is 27.7. The van der Waals surface area contributed by atoms with Gasteiger partial charge in [-0.05, 0) is 38.1 Å². The molecule has 0 aliphatic carbocycles. The minimum atomic E-state index is -1.59. The highest BCUT2D eigenvalue weighted by molar-refractivity contribution is 9.10. The molecule has 1 aromatic rings. The largest absolute Gasteiger partial charge is 0.460 e. The van der Waals surface area contributed by atoms with Crippen molar-refractivity contribution in [1.82, 2.24) is 4.90 Å². The number of aliphatic hydroxyl groups excluding tert-OH is 1. The molecule has 162 valence electrons. The first-order valence-electron chi connectivity index (χ1n) is 9.43. The lowest BCUT2D eigenvalue weighted by atomic mass is 9.84. The Balaban J connectivity index is 1.83. The summed E-state index contributed by atoms with van der Waals surface area (Å²) in [5.74, 6) is -1.59. The molecule has 0 saturated carbocycles. The minimum absolute atomic E-state index is 0.0479. The summed E-state index contributed by atoms with van der Waals surface area (Å²) in [7, 11) is 3.77. The number of β-lactam (4-membered cyclic amide) rings is 1. The third-order valence-corrected chi connectivity index (χ3v) is 8.57. The molecule has 7 nitrogen and oxygen atoms in total. The molecule has 1 aromatic carbocycles. The topological polar surface area (TPSA) is 87.1 Å². The minimum Gasteiger partial charge on any atom is -0.460 e. The molecule has 9 heteroatoms. The van der Waals surface area contributed by atoms with Gasteiger partial charge in [-0.3, -0.25) is 9.59 Å². The number of ketones is 1. The van der Waals surface area contributed by atoms with Crippen LogP contribution in [-0.4, -0.2) is 75.0 Å². The maximum atomic E-state index is 13.1. The van der Waals surface area contributed by atoms with Crippen LogP contribution in [-0.2, 0) is 14.3 Å². The zero-order chi connectivity index (χ0) is 22.4. The highest BCUT2D eigenvalue weighted by Crippen LogP contribution is 2.59. The van der Waals surface area contributed by atoms with Gasteiger partial charge in [-0.15, -0.1) is 11.8 Å². The lowest BCUT2D eigenvalue weighted by Gasteiger charge is -2.51. The Labute approximate surface area is 188 Å². The number of Topliss-reactive ketones (excluding diaryl/α,β-unsaturated/α-hetero) is 1. The average Bonchev–Trinajstić information content (AvgIpc) is 2.99. The Morgan fingerprint density at radius 2 is 1.97 bits per heavy atom. The van der Waals surface area contributed by atoms with E-state index >= 15 is 0 Å². The van der Waals surface area contributed by atoms with E-state index in [4.69, 9.17) is 4.74 Å². The van der Waals surface area contributed by atoms with Crippen molar-refractivity contribution >= 4 is 51.0 Å². The summed E-state index contributed by atoms with van der Waals surface area (Å²) < 4.78 is 3.03. The summed E-state index contributed by atoms with van der Waals surface area (Å²) in [4.78, 5) is 41.9. The van der Waals surface area contributed by atoms with Crippen molar-refractivity contribution in [3.8, 4) is 0 Å². The zero-order valence-electron chi connectivity index (χ0n) is 17.3. The fraction of sp³-hybridized carbons (Fsp3) is 0.476. The van der Waals surface area contributed by atoms with Crippen molar-refractivity contribution in [3.63, 3.8) is 0 Å². The molecular weight excluding hydrogens is 472 g/mol. The van der Waals surface area contributed by atoms with Gasteiger partial charge in [0.25, 0.3) is 0 Å². The molecule has 0 spiro atoms. The van der Waals surface area contributed by atoms with Gasteiger partial charge in [0.15, 0.2) is 10.1 Å². The third kappa shape index (κ3) is 3.46. The van der Waals surface area contributed by atoms with Gasteiger partial charge in [0.2, 0.25) is 5.91 Å². The van der Waals surface area contributed by atoms with E-state index in [1.165, 1.54) is 22.7 Å². The second-order valence-electron chi connectivity index (χ2n) is 8.08. The number of fused-ring (bicyclic) bond motifs is 1. The smallest absolute Gasteiger partial charge is 0.330 e. The summed E-state index contributed by atoms with van der Waals surface area (Å²) >= 11 is 4.72. The summed E-state index contributed by atoms with van der Waals surface area (Å²) in [6.07, 6.45) is -0.135. The number of thioether (sulfide) groups is 1. The van der Waals surface area contributed by atoms with Gasteiger partial charge in [-0.1, -0.05) is 28.6 Å². The molecular formula is C21H25BrN2O5S. The summed E-state index contributed by atoms with van der Waals surface area (Å²) in [6.45, 7) is 7.25. The van der Waals surface area contributed by atoms with Crippen molar-refractivity contribution < 1.29 is 24.2 Å². The van der Waals surface area contributed by atoms with Gasteiger partial charge in [0.05, 0.1) is 0 Å². The summed E-state index contributed by atoms with van der Waals surface area (Å²) in [5, 5.41) is 10.3. The lowest BCUT2D eigenvalue weighted by Crippen LogP contribution is -2.75. The van der Waals surface area contributed by atoms with E-state index in [-0.39, 0.29) is 6.61 Å². The van der Waals surface area contributed by atoms with E-state index < -0.39 is 44.3 Å². The first-order chi connectivity index (χ1) is 14.0. The molecule has 0 aromatic heterocycles. The number of halogens is 1. The Bertz CT molecular complexity index is 888. The number of amides is 1. The van der Waals surface area contributed by atoms with Crippen molar-refractivity contribution in [3.05, 3.63) is 42.5 Å². The molecule has 1 amide bonds. The van der Waals surface area contributed by atoms with Gasteiger partial charge < -0.3 is 19.6 Å². The van der Waals surface area contributed by atoms with Crippen molar-refractivity contribution in [2.45, 2.75) is 40.4 Å². The van der Waals surface area contributed by atoms with Gasteiger partial charge in [-0.25, -0.2) is 4.79 Å². The van der Waals surface area contributed by atoms with E-state index in [1.807, 2.05) is 32.8 Å². The van der Waals surface area contributed by atoms with E-state index in [9.17, 15) is 19.5 Å². The number of hydrogen-bond acceptors (Lipinski definition) is 7. The molecule has 1 N–H and O–H groups in total. The Morgan fingerprint density at radius 1 is 1.37 bits per heavy atom. The van der Waals surface area contributed by atoms with Gasteiger partial charge in [0, 0.05) is 30.1 Å². The molecule has 2 fully saturated rings. The maximum Gasteiger partial charge on any atom is 0.330 e. The number of anilines is 1.